The second kappa shape index (κ2) is 8.57. The number of amides is 1. The summed E-state index contributed by atoms with van der Waals surface area (Å²) in [5.41, 5.74) is 6.19. The van der Waals surface area contributed by atoms with Crippen molar-refractivity contribution in [3.8, 4) is 5.69 Å². The summed E-state index contributed by atoms with van der Waals surface area (Å²) < 4.78 is 3.79. The monoisotopic (exact) mass is 430 g/mol. The number of pyridine rings is 1. The fraction of sp³-hybridized carbons (Fsp3) is 0.360. The number of aromatic nitrogens is 5. The molecule has 0 radical (unpaired) electrons. The summed E-state index contributed by atoms with van der Waals surface area (Å²) in [4.78, 5) is 18.1. The van der Waals surface area contributed by atoms with Crippen LogP contribution in [-0.2, 0) is 6.54 Å². The minimum Gasteiger partial charge on any atom is -0.348 e. The number of aryl methyl sites for hydroxylation is 1. The summed E-state index contributed by atoms with van der Waals surface area (Å²) in [7, 11) is 0. The lowest BCUT2D eigenvalue weighted by Crippen LogP contribution is -2.24. The van der Waals surface area contributed by atoms with Gasteiger partial charge in [-0.05, 0) is 51.8 Å². The Balaban J connectivity index is 1.65. The van der Waals surface area contributed by atoms with Crippen molar-refractivity contribution in [1.82, 2.24) is 29.9 Å². The first kappa shape index (κ1) is 21.7. The van der Waals surface area contributed by atoms with Crippen molar-refractivity contribution in [2.75, 3.05) is 0 Å². The van der Waals surface area contributed by atoms with Gasteiger partial charge in [-0.2, -0.15) is 10.2 Å². The second-order valence-corrected chi connectivity index (χ2v) is 8.75. The molecule has 0 saturated carbocycles. The summed E-state index contributed by atoms with van der Waals surface area (Å²) in [5.74, 6) is 0.0731. The Bertz CT molecular complexity index is 1270. The predicted octanol–water partition coefficient (Wildman–Crippen LogP) is 4.87. The highest BCUT2D eigenvalue weighted by atomic mass is 16.1. The zero-order valence-corrected chi connectivity index (χ0v) is 19.5. The van der Waals surface area contributed by atoms with Gasteiger partial charge in [0.1, 0.15) is 0 Å². The van der Waals surface area contributed by atoms with Gasteiger partial charge < -0.3 is 5.32 Å². The highest BCUT2D eigenvalue weighted by molar-refractivity contribution is 6.05. The molecule has 0 atom stereocenters. The van der Waals surface area contributed by atoms with Crippen molar-refractivity contribution in [1.29, 1.82) is 0 Å². The molecule has 1 aromatic carbocycles. The number of para-hydroxylation sites is 1. The van der Waals surface area contributed by atoms with Gasteiger partial charge in [-0.25, -0.2) is 14.3 Å². The molecular formula is C25H30N6O. The van der Waals surface area contributed by atoms with Crippen LogP contribution in [0.25, 0.3) is 16.7 Å². The third kappa shape index (κ3) is 3.90. The maximum Gasteiger partial charge on any atom is 0.252 e. The van der Waals surface area contributed by atoms with Gasteiger partial charge in [0.2, 0.25) is 0 Å². The van der Waals surface area contributed by atoms with E-state index < -0.39 is 0 Å². The number of nitrogens with zero attached hydrogens (tertiary/aromatic N) is 5. The number of rotatable bonds is 6. The molecule has 4 aromatic rings. The van der Waals surface area contributed by atoms with Gasteiger partial charge in [-0.3, -0.25) is 4.79 Å². The molecule has 0 unspecified atom stereocenters. The van der Waals surface area contributed by atoms with Crippen molar-refractivity contribution in [2.45, 2.75) is 60.0 Å². The first-order valence-electron chi connectivity index (χ1n) is 11.0. The highest BCUT2D eigenvalue weighted by Crippen LogP contribution is 2.25. The van der Waals surface area contributed by atoms with E-state index in [1.807, 2.05) is 59.6 Å². The number of hydrogen-bond acceptors (Lipinski definition) is 4. The minimum atomic E-state index is -0.131. The fourth-order valence-electron chi connectivity index (χ4n) is 3.91. The van der Waals surface area contributed by atoms with Gasteiger partial charge >= 0.3 is 0 Å². The first-order chi connectivity index (χ1) is 15.3. The van der Waals surface area contributed by atoms with Gasteiger partial charge in [0.25, 0.3) is 5.91 Å². The average molecular weight is 431 g/mol. The molecule has 4 rings (SSSR count). The van der Waals surface area contributed by atoms with Gasteiger partial charge in [-0.1, -0.05) is 32.0 Å². The zero-order chi connectivity index (χ0) is 23.0. The van der Waals surface area contributed by atoms with Crippen LogP contribution in [0.1, 0.15) is 72.7 Å². The lowest BCUT2D eigenvalue weighted by Gasteiger charge is -2.12. The largest absolute Gasteiger partial charge is 0.348 e. The summed E-state index contributed by atoms with van der Waals surface area (Å²) >= 11 is 0. The molecule has 1 N–H and O–H groups in total. The number of nitrogens with one attached hydrogen (secondary N) is 1. The van der Waals surface area contributed by atoms with Crippen LogP contribution in [0.2, 0.25) is 0 Å². The summed E-state index contributed by atoms with van der Waals surface area (Å²) in [5, 5.41) is 13.0. The van der Waals surface area contributed by atoms with Crippen LogP contribution in [0, 0.1) is 13.8 Å². The molecule has 0 saturated heterocycles. The van der Waals surface area contributed by atoms with E-state index in [0.717, 1.165) is 39.4 Å². The molecule has 1 amide bonds. The van der Waals surface area contributed by atoms with Gasteiger partial charge in [-0.15, -0.1) is 0 Å². The van der Waals surface area contributed by atoms with Crippen LogP contribution in [0.5, 0.6) is 0 Å². The van der Waals surface area contributed by atoms with Crippen LogP contribution in [0.3, 0.4) is 0 Å². The molecule has 0 spiro atoms. The van der Waals surface area contributed by atoms with Gasteiger partial charge in [0, 0.05) is 29.5 Å². The van der Waals surface area contributed by atoms with Crippen LogP contribution in [-0.4, -0.2) is 30.5 Å². The number of carbonyl (C=O) groups is 1. The zero-order valence-electron chi connectivity index (χ0n) is 19.5. The quantitative estimate of drug-likeness (QED) is 0.473. The maximum atomic E-state index is 13.3. The molecule has 0 aliphatic heterocycles. The molecule has 7 heteroatoms. The Kier molecular flexibility index (Phi) is 5.82. The minimum absolute atomic E-state index is 0.131. The second-order valence-electron chi connectivity index (χ2n) is 8.75. The molecule has 0 aliphatic carbocycles. The van der Waals surface area contributed by atoms with Crippen molar-refractivity contribution in [3.05, 3.63) is 70.8 Å². The average Bonchev–Trinajstić information content (AvgIpc) is 3.33. The number of hydrogen-bond donors (Lipinski definition) is 1. The van der Waals surface area contributed by atoms with Crippen LogP contribution in [0.15, 0.2) is 42.6 Å². The lowest BCUT2D eigenvalue weighted by molar-refractivity contribution is 0.0952. The summed E-state index contributed by atoms with van der Waals surface area (Å²) in [6.07, 6.45) is 1.74. The highest BCUT2D eigenvalue weighted by Gasteiger charge is 2.20. The number of fused-ring (bicyclic) bond motifs is 1. The third-order valence-electron chi connectivity index (χ3n) is 5.78. The molecule has 0 fully saturated rings. The lowest BCUT2D eigenvalue weighted by atomic mass is 10.0. The van der Waals surface area contributed by atoms with Crippen molar-refractivity contribution < 1.29 is 4.79 Å². The van der Waals surface area contributed by atoms with Crippen molar-refractivity contribution in [3.63, 3.8) is 0 Å². The van der Waals surface area contributed by atoms with E-state index in [2.05, 4.69) is 43.2 Å². The Morgan fingerprint density at radius 3 is 2.47 bits per heavy atom. The van der Waals surface area contributed by atoms with E-state index >= 15 is 0 Å². The SMILES string of the molecule is Cc1nn(-c2ccccc2)c(C)c1CNC(=O)c1cc(C(C)C)nc2c1cnn2C(C)C. The van der Waals surface area contributed by atoms with E-state index in [1.54, 1.807) is 6.20 Å². The van der Waals surface area contributed by atoms with Gasteiger partial charge in [0.15, 0.2) is 5.65 Å². The fourth-order valence-corrected chi connectivity index (χ4v) is 3.91. The van der Waals surface area contributed by atoms with Crippen molar-refractivity contribution >= 4 is 16.9 Å². The molecular weight excluding hydrogens is 400 g/mol. The van der Waals surface area contributed by atoms with E-state index in [0.29, 0.717) is 12.1 Å². The van der Waals surface area contributed by atoms with E-state index in [4.69, 9.17) is 4.98 Å². The van der Waals surface area contributed by atoms with Gasteiger partial charge in [0.05, 0.1) is 28.5 Å². The predicted molar refractivity (Wildman–Crippen MR) is 126 cm³/mol. The number of benzene rings is 1. The van der Waals surface area contributed by atoms with Crippen LogP contribution < -0.4 is 5.32 Å². The summed E-state index contributed by atoms with van der Waals surface area (Å²) in [6, 6.07) is 12.1. The van der Waals surface area contributed by atoms with E-state index in [-0.39, 0.29) is 17.9 Å². The Hall–Kier alpha value is -3.48. The van der Waals surface area contributed by atoms with E-state index in [9.17, 15) is 4.79 Å². The van der Waals surface area contributed by atoms with Crippen molar-refractivity contribution in [2.24, 2.45) is 0 Å². The smallest absolute Gasteiger partial charge is 0.252 e. The maximum absolute atomic E-state index is 13.3. The molecule has 32 heavy (non-hydrogen) atoms. The Morgan fingerprint density at radius 1 is 1.09 bits per heavy atom. The third-order valence-corrected chi connectivity index (χ3v) is 5.78. The molecule has 0 aliphatic rings. The topological polar surface area (TPSA) is 77.6 Å². The first-order valence-corrected chi connectivity index (χ1v) is 11.0. The standard InChI is InChI=1S/C25H30N6O/c1-15(2)23-12-20(22-14-27-30(16(3)4)24(22)28-23)25(32)26-13-21-17(5)29-31(18(21)6)19-10-8-7-9-11-19/h7-12,14-16H,13H2,1-6H3,(H,26,32). The molecule has 7 nitrogen and oxygen atoms in total. The number of carbonyl (C=O) groups excluding carboxylic acids is 1. The Morgan fingerprint density at radius 2 is 1.81 bits per heavy atom. The molecule has 166 valence electrons. The molecule has 0 bridgehead atoms. The van der Waals surface area contributed by atoms with E-state index in [1.165, 1.54) is 0 Å². The molecule has 3 heterocycles. The molecule has 3 aromatic heterocycles. The normalized spacial score (nSPS) is 11.6. The summed E-state index contributed by atoms with van der Waals surface area (Å²) in [6.45, 7) is 12.7. The van der Waals surface area contributed by atoms with Crippen LogP contribution >= 0.6 is 0 Å². The van der Waals surface area contributed by atoms with Crippen LogP contribution in [0.4, 0.5) is 0 Å². The Labute approximate surface area is 188 Å².